The average molecular weight is 145 g/mol. The van der Waals surface area contributed by atoms with E-state index in [9.17, 15) is 4.79 Å². The van der Waals surface area contributed by atoms with Crippen molar-refractivity contribution in [1.82, 2.24) is 4.90 Å². The van der Waals surface area contributed by atoms with E-state index in [0.29, 0.717) is 0 Å². The van der Waals surface area contributed by atoms with Gasteiger partial charge in [0.1, 0.15) is 0 Å². The van der Waals surface area contributed by atoms with E-state index in [1.165, 1.54) is 6.92 Å². The van der Waals surface area contributed by atoms with E-state index in [0.717, 1.165) is 6.42 Å². The van der Waals surface area contributed by atoms with Crippen molar-refractivity contribution in [2.45, 2.75) is 26.5 Å². The number of ether oxygens (including phenoxy) is 1. The molecule has 0 aromatic heterocycles. The maximum Gasteiger partial charge on any atom is 0.304 e. The third-order valence-electron chi connectivity index (χ3n) is 1.23. The van der Waals surface area contributed by atoms with Crippen molar-refractivity contribution in [2.24, 2.45) is 0 Å². The quantitative estimate of drug-likeness (QED) is 0.435. The Morgan fingerprint density at radius 2 is 2.10 bits per heavy atom. The lowest BCUT2D eigenvalue weighted by molar-refractivity contribution is -0.154. The number of hydrogen-bond acceptors (Lipinski definition) is 3. The lowest BCUT2D eigenvalue weighted by Crippen LogP contribution is -2.31. The number of carbonyl (C=O) groups is 1. The molecule has 0 rings (SSSR count). The van der Waals surface area contributed by atoms with Crippen LogP contribution in [0.5, 0.6) is 0 Å². The van der Waals surface area contributed by atoms with E-state index in [1.54, 1.807) is 0 Å². The van der Waals surface area contributed by atoms with Crippen molar-refractivity contribution in [1.29, 1.82) is 0 Å². The fraction of sp³-hybridized carbons (Fsp3) is 0.857. The Morgan fingerprint density at radius 3 is 2.20 bits per heavy atom. The van der Waals surface area contributed by atoms with Crippen LogP contribution in [0.4, 0.5) is 0 Å². The fourth-order valence-electron chi connectivity index (χ4n) is 0.745. The molecule has 10 heavy (non-hydrogen) atoms. The molecule has 0 amide bonds. The Bertz CT molecular complexity index is 112. The molecule has 3 nitrogen and oxygen atoms in total. The van der Waals surface area contributed by atoms with Crippen LogP contribution in [0.15, 0.2) is 0 Å². The fourth-order valence-corrected chi connectivity index (χ4v) is 0.745. The first-order valence-corrected chi connectivity index (χ1v) is 3.41. The van der Waals surface area contributed by atoms with E-state index >= 15 is 0 Å². The highest BCUT2D eigenvalue weighted by Gasteiger charge is 2.10. The maximum absolute atomic E-state index is 10.5. The maximum atomic E-state index is 10.5. The Balaban J connectivity index is 3.71. The van der Waals surface area contributed by atoms with Crippen LogP contribution in [0, 0.1) is 0 Å². The van der Waals surface area contributed by atoms with Crippen LogP contribution in [0.25, 0.3) is 0 Å². The molecule has 3 heteroatoms. The molecule has 0 N–H and O–H groups in total. The van der Waals surface area contributed by atoms with Gasteiger partial charge in [-0.1, -0.05) is 6.92 Å². The largest absolute Gasteiger partial charge is 0.447 e. The zero-order valence-corrected chi connectivity index (χ0v) is 7.05. The number of nitrogens with zero attached hydrogens (tertiary/aromatic N) is 1. The number of carbonyl (C=O) groups excluding carboxylic acids is 1. The van der Waals surface area contributed by atoms with Crippen molar-refractivity contribution < 1.29 is 9.53 Å². The van der Waals surface area contributed by atoms with E-state index < -0.39 is 0 Å². The molecule has 1 unspecified atom stereocenters. The van der Waals surface area contributed by atoms with Crippen molar-refractivity contribution >= 4 is 5.97 Å². The molecule has 0 radical (unpaired) electrons. The van der Waals surface area contributed by atoms with Gasteiger partial charge in [0.15, 0.2) is 6.23 Å². The predicted octanol–water partition coefficient (Wildman–Crippen LogP) is 0.847. The summed E-state index contributed by atoms with van der Waals surface area (Å²) < 4.78 is 4.95. The third kappa shape index (κ3) is 3.45. The summed E-state index contributed by atoms with van der Waals surface area (Å²) in [5.41, 5.74) is 0. The topological polar surface area (TPSA) is 29.5 Å². The molecular weight excluding hydrogens is 130 g/mol. The van der Waals surface area contributed by atoms with Crippen LogP contribution in [0.2, 0.25) is 0 Å². The SMILES string of the molecule is CCC(OC(C)=O)N(C)C. The van der Waals surface area contributed by atoms with Gasteiger partial charge in [-0.3, -0.25) is 9.69 Å². The summed E-state index contributed by atoms with van der Waals surface area (Å²) in [5.74, 6) is -0.222. The first-order chi connectivity index (χ1) is 4.57. The Kier molecular flexibility index (Phi) is 4.03. The van der Waals surface area contributed by atoms with E-state index in [-0.39, 0.29) is 12.2 Å². The zero-order valence-electron chi connectivity index (χ0n) is 7.05. The molecule has 0 aromatic rings. The minimum Gasteiger partial charge on any atom is -0.447 e. The lowest BCUT2D eigenvalue weighted by atomic mass is 10.4. The van der Waals surface area contributed by atoms with Crippen LogP contribution in [0.1, 0.15) is 20.3 Å². The highest BCUT2D eigenvalue weighted by atomic mass is 16.6. The van der Waals surface area contributed by atoms with Gasteiger partial charge in [-0.05, 0) is 20.5 Å². The molecule has 0 aromatic carbocycles. The van der Waals surface area contributed by atoms with Gasteiger partial charge in [-0.2, -0.15) is 0 Å². The average Bonchev–Trinajstić information content (AvgIpc) is 1.81. The molecular formula is C7H15NO2. The smallest absolute Gasteiger partial charge is 0.304 e. The summed E-state index contributed by atoms with van der Waals surface area (Å²) in [7, 11) is 3.77. The van der Waals surface area contributed by atoms with Gasteiger partial charge in [0, 0.05) is 6.92 Å². The third-order valence-corrected chi connectivity index (χ3v) is 1.23. The monoisotopic (exact) mass is 145 g/mol. The van der Waals surface area contributed by atoms with Crippen LogP contribution < -0.4 is 0 Å². The van der Waals surface area contributed by atoms with Crippen molar-refractivity contribution in [3.8, 4) is 0 Å². The van der Waals surface area contributed by atoms with Gasteiger partial charge in [-0.15, -0.1) is 0 Å². The first-order valence-electron chi connectivity index (χ1n) is 3.41. The summed E-state index contributed by atoms with van der Waals surface area (Å²) in [6, 6.07) is 0. The predicted molar refractivity (Wildman–Crippen MR) is 39.5 cm³/mol. The molecule has 1 atom stereocenters. The Labute approximate surface area is 62.0 Å². The summed E-state index contributed by atoms with van der Waals surface area (Å²) >= 11 is 0. The Hall–Kier alpha value is -0.570. The molecule has 0 saturated heterocycles. The number of rotatable bonds is 3. The summed E-state index contributed by atoms with van der Waals surface area (Å²) in [4.78, 5) is 12.3. The summed E-state index contributed by atoms with van der Waals surface area (Å²) in [5, 5.41) is 0. The van der Waals surface area contributed by atoms with Gasteiger partial charge in [0.05, 0.1) is 0 Å². The van der Waals surface area contributed by atoms with Crippen molar-refractivity contribution in [2.75, 3.05) is 14.1 Å². The minimum absolute atomic E-state index is 0.0718. The van der Waals surface area contributed by atoms with Crippen LogP contribution in [-0.2, 0) is 9.53 Å². The molecule has 0 heterocycles. The second kappa shape index (κ2) is 4.28. The van der Waals surface area contributed by atoms with Crippen LogP contribution in [0.3, 0.4) is 0 Å². The standard InChI is InChI=1S/C7H15NO2/c1-5-7(8(3)4)10-6(2)9/h7H,5H2,1-4H3. The molecule has 60 valence electrons. The normalized spacial score (nSPS) is 13.3. The van der Waals surface area contributed by atoms with Crippen LogP contribution >= 0.6 is 0 Å². The lowest BCUT2D eigenvalue weighted by Gasteiger charge is -2.21. The first kappa shape index (κ1) is 9.43. The summed E-state index contributed by atoms with van der Waals surface area (Å²) in [6.07, 6.45) is 0.754. The second-order valence-electron chi connectivity index (χ2n) is 2.44. The molecule has 0 fully saturated rings. The van der Waals surface area contributed by atoms with Crippen molar-refractivity contribution in [3.05, 3.63) is 0 Å². The van der Waals surface area contributed by atoms with Crippen molar-refractivity contribution in [3.63, 3.8) is 0 Å². The number of esters is 1. The van der Waals surface area contributed by atoms with E-state index in [1.807, 2.05) is 25.9 Å². The van der Waals surface area contributed by atoms with Gasteiger partial charge < -0.3 is 4.74 Å². The molecule has 0 aliphatic rings. The Morgan fingerprint density at radius 1 is 1.60 bits per heavy atom. The molecule has 0 bridgehead atoms. The minimum atomic E-state index is -0.222. The molecule has 0 saturated carbocycles. The molecule has 0 spiro atoms. The van der Waals surface area contributed by atoms with Gasteiger partial charge in [0.25, 0.3) is 0 Å². The highest BCUT2D eigenvalue weighted by Crippen LogP contribution is 2.00. The van der Waals surface area contributed by atoms with Crippen LogP contribution in [-0.4, -0.2) is 31.2 Å². The summed E-state index contributed by atoms with van der Waals surface area (Å²) in [6.45, 7) is 3.40. The van der Waals surface area contributed by atoms with Gasteiger partial charge >= 0.3 is 5.97 Å². The van der Waals surface area contributed by atoms with Gasteiger partial charge in [0.2, 0.25) is 0 Å². The van der Waals surface area contributed by atoms with E-state index in [2.05, 4.69) is 0 Å². The molecule has 0 aliphatic heterocycles. The van der Waals surface area contributed by atoms with E-state index in [4.69, 9.17) is 4.74 Å². The van der Waals surface area contributed by atoms with Gasteiger partial charge in [-0.25, -0.2) is 0 Å². The second-order valence-corrected chi connectivity index (χ2v) is 2.44. The number of hydrogen-bond donors (Lipinski definition) is 0. The molecule has 0 aliphatic carbocycles. The zero-order chi connectivity index (χ0) is 8.15. The highest BCUT2D eigenvalue weighted by molar-refractivity contribution is 5.66.